The summed E-state index contributed by atoms with van der Waals surface area (Å²) in [5.74, 6) is 0.171. The first-order chi connectivity index (χ1) is 18.5. The first-order valence-electron chi connectivity index (χ1n) is 13.3. The monoisotopic (exact) mass is 537 g/mol. The van der Waals surface area contributed by atoms with Crippen LogP contribution in [0.2, 0.25) is 0 Å². The SMILES string of the molecule is COc1ccc2c(c1OCC1SC=CC1C)C[C@@H](C(=O)O)N(C(=O)[C@H](OC1CCCC1)c1ccccc1)C2. The van der Waals surface area contributed by atoms with Gasteiger partial charge in [0.25, 0.3) is 5.91 Å². The van der Waals surface area contributed by atoms with Crippen molar-refractivity contribution in [3.63, 3.8) is 0 Å². The first kappa shape index (κ1) is 26.6. The molecular formula is C30H35NO6S. The van der Waals surface area contributed by atoms with Crippen molar-refractivity contribution in [2.75, 3.05) is 13.7 Å². The maximum absolute atomic E-state index is 14.0. The highest BCUT2D eigenvalue weighted by Crippen LogP contribution is 2.41. The van der Waals surface area contributed by atoms with Crippen molar-refractivity contribution in [3.05, 3.63) is 70.6 Å². The summed E-state index contributed by atoms with van der Waals surface area (Å²) in [4.78, 5) is 28.0. The van der Waals surface area contributed by atoms with Crippen molar-refractivity contribution in [2.45, 2.75) is 69.1 Å². The highest BCUT2D eigenvalue weighted by Gasteiger charge is 2.41. The van der Waals surface area contributed by atoms with Crippen LogP contribution in [-0.2, 0) is 27.3 Å². The molecule has 202 valence electrons. The molecule has 0 bridgehead atoms. The Labute approximate surface area is 228 Å². The van der Waals surface area contributed by atoms with Crippen molar-refractivity contribution >= 4 is 23.6 Å². The summed E-state index contributed by atoms with van der Waals surface area (Å²) >= 11 is 1.74. The van der Waals surface area contributed by atoms with Crippen molar-refractivity contribution in [3.8, 4) is 11.5 Å². The molecule has 0 radical (unpaired) electrons. The number of thioether (sulfide) groups is 1. The van der Waals surface area contributed by atoms with Crippen molar-refractivity contribution < 1.29 is 28.9 Å². The van der Waals surface area contributed by atoms with Gasteiger partial charge in [-0.05, 0) is 41.4 Å². The molecule has 2 heterocycles. The average molecular weight is 538 g/mol. The van der Waals surface area contributed by atoms with Crippen molar-refractivity contribution in [2.24, 2.45) is 5.92 Å². The minimum atomic E-state index is -1.05. The Morgan fingerprint density at radius 1 is 1.13 bits per heavy atom. The maximum Gasteiger partial charge on any atom is 0.326 e. The van der Waals surface area contributed by atoms with Gasteiger partial charge in [0.2, 0.25) is 0 Å². The van der Waals surface area contributed by atoms with Crippen LogP contribution in [-0.4, -0.2) is 53.0 Å². The lowest BCUT2D eigenvalue weighted by atomic mass is 9.91. The number of ether oxygens (including phenoxy) is 3. The van der Waals surface area contributed by atoms with Gasteiger partial charge in [0, 0.05) is 23.8 Å². The zero-order chi connectivity index (χ0) is 26.6. The number of benzene rings is 2. The zero-order valence-electron chi connectivity index (χ0n) is 21.9. The molecule has 0 aromatic heterocycles. The third-order valence-corrected chi connectivity index (χ3v) is 9.02. The molecule has 3 aliphatic rings. The molecule has 38 heavy (non-hydrogen) atoms. The molecule has 1 aliphatic carbocycles. The van der Waals surface area contributed by atoms with Gasteiger partial charge in [-0.2, -0.15) is 0 Å². The van der Waals surface area contributed by atoms with E-state index in [1.54, 1.807) is 18.9 Å². The van der Waals surface area contributed by atoms with Crippen LogP contribution in [0.5, 0.6) is 11.5 Å². The van der Waals surface area contributed by atoms with E-state index >= 15 is 0 Å². The number of methoxy groups -OCH3 is 1. The molecule has 0 spiro atoms. The smallest absolute Gasteiger partial charge is 0.326 e. The molecule has 1 saturated carbocycles. The minimum Gasteiger partial charge on any atom is -0.493 e. The average Bonchev–Trinajstić information content (AvgIpc) is 3.61. The van der Waals surface area contributed by atoms with Gasteiger partial charge in [-0.3, -0.25) is 4.79 Å². The number of nitrogens with zero attached hydrogens (tertiary/aromatic N) is 1. The number of hydrogen-bond acceptors (Lipinski definition) is 6. The second-order valence-corrected chi connectivity index (χ2v) is 11.4. The van der Waals surface area contributed by atoms with Crippen molar-refractivity contribution in [1.29, 1.82) is 0 Å². The fourth-order valence-electron chi connectivity index (χ4n) is 5.54. The Hall–Kier alpha value is -2.97. The van der Waals surface area contributed by atoms with Gasteiger partial charge >= 0.3 is 5.97 Å². The number of carboxylic acid groups (broad SMARTS) is 1. The number of hydrogen-bond donors (Lipinski definition) is 1. The zero-order valence-corrected chi connectivity index (χ0v) is 22.7. The first-order valence-corrected chi connectivity index (χ1v) is 14.3. The molecule has 1 amide bonds. The third kappa shape index (κ3) is 5.57. The number of carboxylic acids is 1. The van der Waals surface area contributed by atoms with Gasteiger partial charge < -0.3 is 24.2 Å². The lowest BCUT2D eigenvalue weighted by Crippen LogP contribution is -2.50. The van der Waals surface area contributed by atoms with Crippen LogP contribution in [0.25, 0.3) is 0 Å². The summed E-state index contributed by atoms with van der Waals surface area (Å²) in [6.07, 6.45) is 5.44. The Morgan fingerprint density at radius 3 is 2.55 bits per heavy atom. The van der Waals surface area contributed by atoms with Crippen LogP contribution in [0.4, 0.5) is 0 Å². The van der Waals surface area contributed by atoms with Gasteiger partial charge in [-0.1, -0.05) is 62.2 Å². The van der Waals surface area contributed by atoms with Crippen LogP contribution in [0.15, 0.2) is 53.9 Å². The molecule has 2 aromatic rings. The van der Waals surface area contributed by atoms with Crippen LogP contribution >= 0.6 is 11.8 Å². The minimum absolute atomic E-state index is 0.000821. The van der Waals surface area contributed by atoms with Crippen LogP contribution in [0.3, 0.4) is 0 Å². The molecule has 4 atom stereocenters. The molecular weight excluding hydrogens is 502 g/mol. The fraction of sp³-hybridized carbons (Fsp3) is 0.467. The van der Waals surface area contributed by atoms with E-state index < -0.39 is 18.1 Å². The van der Waals surface area contributed by atoms with E-state index in [9.17, 15) is 14.7 Å². The molecule has 2 aromatic carbocycles. The number of carbonyl (C=O) groups is 2. The molecule has 0 saturated heterocycles. The number of fused-ring (bicyclic) bond motifs is 1. The molecule has 5 rings (SSSR count). The Kier molecular flexibility index (Phi) is 8.29. The summed E-state index contributed by atoms with van der Waals surface area (Å²) in [6.45, 7) is 2.80. The Balaban J connectivity index is 1.44. The number of rotatable bonds is 9. The summed E-state index contributed by atoms with van der Waals surface area (Å²) < 4.78 is 18.3. The highest BCUT2D eigenvalue weighted by molar-refractivity contribution is 8.03. The maximum atomic E-state index is 14.0. The van der Waals surface area contributed by atoms with E-state index in [-0.39, 0.29) is 30.2 Å². The number of amides is 1. The summed E-state index contributed by atoms with van der Waals surface area (Å²) in [6, 6.07) is 12.1. The van der Waals surface area contributed by atoms with E-state index in [0.717, 1.165) is 42.4 Å². The summed E-state index contributed by atoms with van der Waals surface area (Å²) in [5.41, 5.74) is 2.40. The lowest BCUT2D eigenvalue weighted by molar-refractivity contribution is -0.160. The molecule has 7 nitrogen and oxygen atoms in total. The standard InChI is InChI=1S/C30H35NO6S/c1-19-14-15-38-26(19)18-36-28-23-16-24(30(33)34)31(17-21(23)12-13-25(28)35-2)29(32)27(20-8-4-3-5-9-20)37-22-10-6-7-11-22/h3-5,8-9,12-15,19,22,24,26-27H,6-7,10-11,16-18H2,1-2H3,(H,33,34)/t19?,24-,26?,27+/m0/s1. The van der Waals surface area contributed by atoms with Gasteiger partial charge in [0.1, 0.15) is 12.6 Å². The van der Waals surface area contributed by atoms with Gasteiger partial charge in [-0.25, -0.2) is 4.79 Å². The molecule has 2 aliphatic heterocycles. The molecule has 1 N–H and O–H groups in total. The molecule has 1 fully saturated rings. The van der Waals surface area contributed by atoms with Crippen LogP contribution < -0.4 is 9.47 Å². The van der Waals surface area contributed by atoms with Crippen molar-refractivity contribution in [1.82, 2.24) is 4.90 Å². The topological polar surface area (TPSA) is 85.3 Å². The van der Waals surface area contributed by atoms with Crippen LogP contribution in [0.1, 0.15) is 55.4 Å². The normalized spacial score (nSPS) is 23.7. The van der Waals surface area contributed by atoms with E-state index in [1.807, 2.05) is 42.5 Å². The van der Waals surface area contributed by atoms with E-state index in [1.165, 1.54) is 4.90 Å². The quantitative estimate of drug-likeness (QED) is 0.460. The molecule has 8 heteroatoms. The second kappa shape index (κ2) is 11.8. The predicted octanol–water partition coefficient (Wildman–Crippen LogP) is 5.38. The second-order valence-electron chi connectivity index (χ2n) is 10.3. The van der Waals surface area contributed by atoms with Crippen LogP contribution in [0, 0.1) is 5.92 Å². The third-order valence-electron chi connectivity index (χ3n) is 7.80. The predicted molar refractivity (Wildman–Crippen MR) is 146 cm³/mol. The van der Waals surface area contributed by atoms with Gasteiger partial charge in [0.05, 0.1) is 13.2 Å². The Bertz CT molecular complexity index is 1180. The number of allylic oxidation sites excluding steroid dienone is 1. The lowest BCUT2D eigenvalue weighted by Gasteiger charge is -2.38. The summed E-state index contributed by atoms with van der Waals surface area (Å²) in [7, 11) is 1.58. The Morgan fingerprint density at radius 2 is 1.89 bits per heavy atom. The highest BCUT2D eigenvalue weighted by atomic mass is 32.2. The van der Waals surface area contributed by atoms with E-state index in [0.29, 0.717) is 24.0 Å². The van der Waals surface area contributed by atoms with E-state index in [2.05, 4.69) is 18.4 Å². The fourth-order valence-corrected chi connectivity index (χ4v) is 6.56. The van der Waals surface area contributed by atoms with Gasteiger partial charge in [0.15, 0.2) is 17.6 Å². The summed E-state index contributed by atoms with van der Waals surface area (Å²) in [5, 5.41) is 12.6. The number of carbonyl (C=O) groups excluding carboxylic acids is 1. The molecule has 2 unspecified atom stereocenters. The van der Waals surface area contributed by atoms with Gasteiger partial charge in [-0.15, -0.1) is 11.8 Å². The number of aliphatic carboxylic acids is 1. The largest absolute Gasteiger partial charge is 0.493 e. The van der Waals surface area contributed by atoms with E-state index in [4.69, 9.17) is 14.2 Å².